The van der Waals surface area contributed by atoms with Crippen molar-refractivity contribution in [1.29, 1.82) is 0 Å². The van der Waals surface area contributed by atoms with Crippen LogP contribution in [0.3, 0.4) is 0 Å². The number of fused-ring (bicyclic) bond motifs is 4. The summed E-state index contributed by atoms with van der Waals surface area (Å²) in [5.74, 6) is 3.77. The fourth-order valence-electron chi connectivity index (χ4n) is 11.7. The highest BCUT2D eigenvalue weighted by molar-refractivity contribution is 6.34. The Morgan fingerprint density at radius 3 is 1.10 bits per heavy atom. The lowest BCUT2D eigenvalue weighted by Crippen LogP contribution is -2.22. The van der Waals surface area contributed by atoms with Crippen molar-refractivity contribution in [3.8, 4) is 68.5 Å². The number of aromatic nitrogens is 12. The Labute approximate surface area is 578 Å². The summed E-state index contributed by atoms with van der Waals surface area (Å²) in [6, 6.07) is 36.3. The van der Waals surface area contributed by atoms with Gasteiger partial charge in [-0.3, -0.25) is 43.9 Å². The standard InChI is InChI=1S/C21H21N3O3.C20H19N3O3.C14H10ClN3O.C13H8ClN3O.C7H12O2/c1-13(14-5-7-16(25)10-14)27-21-17-4-3-9-22-19(17)11-18(24-21)15-6-8-20(26-2)23-12-15;1-12(13-4-6-15(24)9-13)26-20-16-3-2-8-21-18(16)10-17(23-20)14-5-7-19(25)22-11-14;1-19-13-5-4-9(8-17-13)11-7-12-10(14(15)18-11)3-2-6-16-12;14-13-9-2-1-5-15-11(9)6-10(17-13)8-3-4-12(18)16-7-8;1-5(8)6-2-3-7(9)4-6/h3-4,6,8-9,11-14H,5,7,10H2,1-2H3;2-3,5,7-8,10-13H,4,6,9H2,1H3,(H,22,25);2-8H,1H3;1-7H,(H,16,18);5-6,8H,2-4H2,1H3/t13-,14+;12-,13+;;;5-,6+/m11..1/s1. The molecule has 0 spiro atoms. The Bertz CT molecular complexity index is 4940. The number of nitrogens with one attached hydrogen (secondary N) is 2. The van der Waals surface area contributed by atoms with Crippen LogP contribution < -0.4 is 30.1 Å². The molecule has 3 N–H and O–H groups in total. The number of Topliss-reactive ketones (excluding diaryl/α,β-unsaturated/α-hetero) is 3. The maximum atomic E-state index is 11.6. The molecule has 3 fully saturated rings. The van der Waals surface area contributed by atoms with Crippen LogP contribution in [0.4, 0.5) is 0 Å². The third-order valence-electron chi connectivity index (χ3n) is 17.3. The molecule has 15 rings (SSSR count). The highest BCUT2D eigenvalue weighted by Gasteiger charge is 2.31. The predicted octanol–water partition coefficient (Wildman–Crippen LogP) is 13.7. The molecule has 0 aromatic carbocycles. The van der Waals surface area contributed by atoms with E-state index in [1.54, 1.807) is 95.0 Å². The smallest absolute Gasteiger partial charge is 0.247 e. The third kappa shape index (κ3) is 17.9. The Balaban J connectivity index is 0.000000129. The second-order valence-corrected chi connectivity index (χ2v) is 24.8. The first-order valence-corrected chi connectivity index (χ1v) is 33.0. The zero-order valence-electron chi connectivity index (χ0n) is 54.8. The van der Waals surface area contributed by atoms with Crippen LogP contribution >= 0.6 is 23.2 Å². The van der Waals surface area contributed by atoms with E-state index >= 15 is 0 Å². The summed E-state index contributed by atoms with van der Waals surface area (Å²) < 4.78 is 22.5. The number of hydrogen-bond donors (Lipinski definition) is 3. The number of aliphatic hydroxyl groups is 1. The van der Waals surface area contributed by atoms with Gasteiger partial charge in [-0.05, 0) is 143 Å². The number of hydrogen-bond acceptors (Lipinski definition) is 20. The van der Waals surface area contributed by atoms with Crippen molar-refractivity contribution >= 4 is 84.2 Å². The van der Waals surface area contributed by atoms with Gasteiger partial charge in [0.25, 0.3) is 0 Å². The molecule has 3 aliphatic rings. The van der Waals surface area contributed by atoms with Gasteiger partial charge < -0.3 is 34.0 Å². The van der Waals surface area contributed by atoms with Crippen molar-refractivity contribution in [2.75, 3.05) is 14.2 Å². The molecule has 3 saturated carbocycles. The molecule has 0 saturated heterocycles. The number of halogens is 2. The minimum atomic E-state index is -0.295. The number of rotatable bonds is 13. The highest BCUT2D eigenvalue weighted by Crippen LogP contribution is 2.36. The lowest BCUT2D eigenvalue weighted by molar-refractivity contribution is -0.118. The minimum absolute atomic E-state index is 0.0865. The topological polar surface area (TPSA) is 303 Å². The summed E-state index contributed by atoms with van der Waals surface area (Å²) in [6.45, 7) is 5.75. The van der Waals surface area contributed by atoms with Gasteiger partial charge >= 0.3 is 0 Å². The number of H-pyrrole nitrogens is 2. The SMILES string of the molecule is COc1ccc(-c2cc3ncccc3c(Cl)n2)cn1.COc1ccc(-c2cc3ncccc3c(O[C@H](C)[C@H]3CCC(=O)C3)n2)cn1.C[C@@H](O)[C@H]1CCC(=O)C1.C[C@@H](Oc1nc(-c2ccc(=O)[nH]c2)cc2ncccc12)[C@H]1CCC(=O)C1.O=c1ccc(-c2cc3ncccc3c(Cl)n2)c[nH]1. The van der Waals surface area contributed by atoms with Crippen molar-refractivity contribution in [1.82, 2.24) is 59.8 Å². The number of pyridine rings is 12. The fourth-order valence-corrected chi connectivity index (χ4v) is 12.2. The number of ether oxygens (including phenoxy) is 4. The molecule has 3 aliphatic carbocycles. The highest BCUT2D eigenvalue weighted by atomic mass is 35.5. The number of aliphatic hydroxyl groups excluding tert-OH is 1. The molecule has 0 amide bonds. The van der Waals surface area contributed by atoms with E-state index in [0.717, 1.165) is 96.5 Å². The van der Waals surface area contributed by atoms with E-state index in [4.69, 9.17) is 52.2 Å². The van der Waals surface area contributed by atoms with E-state index < -0.39 is 0 Å². The number of carbonyl (C=O) groups is 3. The molecule has 0 radical (unpaired) electrons. The lowest BCUT2D eigenvalue weighted by atomic mass is 10.0. The first-order chi connectivity index (χ1) is 47.9. The van der Waals surface area contributed by atoms with Crippen LogP contribution in [0.15, 0.2) is 180 Å². The number of carbonyl (C=O) groups excluding carboxylic acids is 3. The largest absolute Gasteiger partial charge is 0.481 e. The quantitative estimate of drug-likeness (QED) is 0.0903. The lowest BCUT2D eigenvalue weighted by Gasteiger charge is -2.20. The van der Waals surface area contributed by atoms with Gasteiger partial charge in [0.05, 0.1) is 75.9 Å². The molecule has 24 heteroatoms. The summed E-state index contributed by atoms with van der Waals surface area (Å²) in [6.07, 6.45) is 19.4. The van der Waals surface area contributed by atoms with Gasteiger partial charge in [0.1, 0.15) is 39.9 Å². The molecule has 12 heterocycles. The van der Waals surface area contributed by atoms with Gasteiger partial charge in [-0.2, -0.15) is 0 Å². The van der Waals surface area contributed by atoms with Gasteiger partial charge in [0.2, 0.25) is 34.6 Å². The summed E-state index contributed by atoms with van der Waals surface area (Å²) in [5.41, 5.74) is 9.00. The van der Waals surface area contributed by atoms with Crippen molar-refractivity contribution in [2.45, 2.75) is 96.9 Å². The summed E-state index contributed by atoms with van der Waals surface area (Å²) >= 11 is 12.3. The van der Waals surface area contributed by atoms with Gasteiger partial charge in [-0.25, -0.2) is 29.9 Å². The molecule has 504 valence electrons. The first kappa shape index (κ1) is 69.5. The van der Waals surface area contributed by atoms with Crippen LogP contribution in [0.5, 0.6) is 23.5 Å². The van der Waals surface area contributed by atoms with Crippen LogP contribution in [0.2, 0.25) is 10.3 Å². The van der Waals surface area contributed by atoms with E-state index in [-0.39, 0.29) is 47.2 Å². The van der Waals surface area contributed by atoms with Crippen LogP contribution in [-0.4, -0.2) is 115 Å². The molecule has 12 aromatic heterocycles. The summed E-state index contributed by atoms with van der Waals surface area (Å²) in [4.78, 5) is 105. The average Bonchev–Trinajstić information content (AvgIpc) is 1.10. The van der Waals surface area contributed by atoms with E-state index in [1.165, 1.54) is 12.1 Å². The zero-order chi connectivity index (χ0) is 69.5. The monoisotopic (exact) mass is 1370 g/mol. The van der Waals surface area contributed by atoms with E-state index in [1.807, 2.05) is 98.8 Å². The summed E-state index contributed by atoms with van der Waals surface area (Å²) in [7, 11) is 3.17. The molecule has 0 unspecified atom stereocenters. The second kappa shape index (κ2) is 32.5. The molecule has 99 heavy (non-hydrogen) atoms. The second-order valence-electron chi connectivity index (χ2n) is 24.1. The van der Waals surface area contributed by atoms with E-state index in [0.29, 0.717) is 101 Å². The molecule has 6 atom stereocenters. The maximum absolute atomic E-state index is 11.6. The Hall–Kier alpha value is -10.8. The molecule has 12 aromatic rings. The number of aromatic amines is 2. The number of nitrogens with zero attached hydrogens (tertiary/aromatic N) is 10. The summed E-state index contributed by atoms with van der Waals surface area (Å²) in [5, 5.41) is 13.2. The van der Waals surface area contributed by atoms with Crippen molar-refractivity contribution in [2.24, 2.45) is 17.8 Å². The maximum Gasteiger partial charge on any atom is 0.247 e. The van der Waals surface area contributed by atoms with Crippen LogP contribution in [-0.2, 0) is 14.4 Å². The van der Waals surface area contributed by atoms with E-state index in [2.05, 4.69) is 54.8 Å². The van der Waals surface area contributed by atoms with Crippen LogP contribution in [0.1, 0.15) is 78.6 Å². The first-order valence-electron chi connectivity index (χ1n) is 32.2. The Morgan fingerprint density at radius 1 is 0.434 bits per heavy atom. The van der Waals surface area contributed by atoms with E-state index in [9.17, 15) is 24.0 Å². The Kier molecular flexibility index (Phi) is 22.8. The van der Waals surface area contributed by atoms with Crippen molar-refractivity contribution in [3.63, 3.8) is 0 Å². The molecular formula is C75H70Cl2N12O10. The average molecular weight is 1370 g/mol. The third-order valence-corrected chi connectivity index (χ3v) is 17.9. The number of ketones is 3. The van der Waals surface area contributed by atoms with Crippen LogP contribution in [0.25, 0.3) is 88.6 Å². The number of methoxy groups -OCH3 is 2. The fraction of sp³-hybridized carbons (Fsp3) is 0.267. The van der Waals surface area contributed by atoms with Crippen molar-refractivity contribution in [3.05, 3.63) is 202 Å². The zero-order valence-corrected chi connectivity index (χ0v) is 56.4. The van der Waals surface area contributed by atoms with Gasteiger partial charge in [-0.15, -0.1) is 0 Å². The Morgan fingerprint density at radius 2 is 0.778 bits per heavy atom. The van der Waals surface area contributed by atoms with Gasteiger partial charge in [0.15, 0.2) is 0 Å². The predicted molar refractivity (Wildman–Crippen MR) is 379 cm³/mol. The molecule has 0 bridgehead atoms. The normalized spacial score (nSPS) is 16.4. The van der Waals surface area contributed by atoms with Gasteiger partial charge in [-0.1, -0.05) is 23.2 Å². The molecule has 22 nitrogen and oxygen atoms in total. The minimum Gasteiger partial charge on any atom is -0.481 e. The van der Waals surface area contributed by atoms with Crippen molar-refractivity contribution < 1.29 is 38.4 Å². The van der Waals surface area contributed by atoms with Crippen LogP contribution in [0, 0.1) is 17.8 Å². The molecule has 0 aliphatic heterocycles. The molecular weight excluding hydrogens is 1300 g/mol. The van der Waals surface area contributed by atoms with Gasteiger partial charge in [0, 0.05) is 157 Å².